The first-order valence-electron chi connectivity index (χ1n) is 5.11. The second-order valence-corrected chi connectivity index (χ2v) is 4.89. The molecule has 4 nitrogen and oxygen atoms in total. The number of anilines is 1. The first-order valence-corrected chi connectivity index (χ1v) is 6.28. The summed E-state index contributed by atoms with van der Waals surface area (Å²) in [6.45, 7) is 1.81. The highest BCUT2D eigenvalue weighted by Crippen LogP contribution is 2.25. The number of nitrogens with zero attached hydrogens (tertiary/aromatic N) is 2. The van der Waals surface area contributed by atoms with Gasteiger partial charge in [-0.05, 0) is 41.1 Å². The molecule has 1 amide bonds. The Morgan fingerprint density at radius 3 is 2.72 bits per heavy atom. The molecule has 0 aliphatic heterocycles. The molecule has 0 bridgehead atoms. The molecule has 92 valence electrons. The molecule has 0 spiro atoms. The third kappa shape index (κ3) is 3.05. The molecule has 1 heterocycles. The Morgan fingerprint density at radius 1 is 1.33 bits per heavy atom. The normalized spacial score (nSPS) is 10.2. The number of hydrogen-bond donors (Lipinski definition) is 1. The van der Waals surface area contributed by atoms with E-state index >= 15 is 0 Å². The molecule has 1 N–H and O–H groups in total. The average molecular weight is 327 g/mol. The van der Waals surface area contributed by atoms with Gasteiger partial charge in [-0.15, -0.1) is 0 Å². The van der Waals surface area contributed by atoms with Crippen LogP contribution in [0.4, 0.5) is 5.69 Å². The van der Waals surface area contributed by atoms with Gasteiger partial charge in [-0.3, -0.25) is 9.78 Å². The lowest BCUT2D eigenvalue weighted by atomic mass is 10.3. The number of amides is 1. The van der Waals surface area contributed by atoms with Crippen molar-refractivity contribution >= 4 is 39.1 Å². The predicted molar refractivity (Wildman–Crippen MR) is 73.9 cm³/mol. The molecular formula is C12H9BrClN3O. The van der Waals surface area contributed by atoms with Crippen molar-refractivity contribution in [3.05, 3.63) is 51.5 Å². The van der Waals surface area contributed by atoms with E-state index < -0.39 is 0 Å². The van der Waals surface area contributed by atoms with E-state index in [1.165, 1.54) is 6.20 Å². The van der Waals surface area contributed by atoms with Crippen LogP contribution in [-0.4, -0.2) is 15.9 Å². The molecule has 0 atom stereocenters. The van der Waals surface area contributed by atoms with E-state index in [1.54, 1.807) is 24.4 Å². The van der Waals surface area contributed by atoms with Crippen LogP contribution in [0, 0.1) is 6.92 Å². The zero-order valence-corrected chi connectivity index (χ0v) is 11.8. The van der Waals surface area contributed by atoms with Crippen molar-refractivity contribution < 1.29 is 4.79 Å². The Hall–Kier alpha value is -1.46. The number of nitrogens with one attached hydrogen (secondary N) is 1. The van der Waals surface area contributed by atoms with Gasteiger partial charge in [0.15, 0.2) is 0 Å². The highest BCUT2D eigenvalue weighted by molar-refractivity contribution is 9.10. The van der Waals surface area contributed by atoms with Gasteiger partial charge < -0.3 is 5.32 Å². The number of carbonyl (C=O) groups excluding carboxylic acids is 1. The van der Waals surface area contributed by atoms with Crippen LogP contribution < -0.4 is 5.32 Å². The SMILES string of the molecule is Cc1cnc(C(=O)Nc2ccc(Cl)c(Br)c2)cn1. The summed E-state index contributed by atoms with van der Waals surface area (Å²) in [6.07, 6.45) is 2.99. The molecule has 18 heavy (non-hydrogen) atoms. The molecule has 0 saturated carbocycles. The molecule has 2 rings (SSSR count). The lowest BCUT2D eigenvalue weighted by molar-refractivity contribution is 0.102. The summed E-state index contributed by atoms with van der Waals surface area (Å²) >= 11 is 9.16. The fraction of sp³-hybridized carbons (Fsp3) is 0.0833. The summed E-state index contributed by atoms with van der Waals surface area (Å²) in [4.78, 5) is 19.9. The number of benzene rings is 1. The van der Waals surface area contributed by atoms with Crippen LogP contribution in [0.1, 0.15) is 16.2 Å². The zero-order chi connectivity index (χ0) is 13.1. The van der Waals surface area contributed by atoms with Crippen LogP contribution >= 0.6 is 27.5 Å². The maximum absolute atomic E-state index is 11.9. The minimum atomic E-state index is -0.309. The van der Waals surface area contributed by atoms with E-state index in [1.807, 2.05) is 6.92 Å². The highest BCUT2D eigenvalue weighted by atomic mass is 79.9. The number of rotatable bonds is 2. The van der Waals surface area contributed by atoms with E-state index in [4.69, 9.17) is 11.6 Å². The van der Waals surface area contributed by atoms with Gasteiger partial charge in [-0.2, -0.15) is 0 Å². The first-order chi connectivity index (χ1) is 8.56. The van der Waals surface area contributed by atoms with Gasteiger partial charge in [0.05, 0.1) is 16.9 Å². The molecule has 0 unspecified atom stereocenters. The summed E-state index contributed by atoms with van der Waals surface area (Å²) in [5.74, 6) is -0.309. The van der Waals surface area contributed by atoms with E-state index in [2.05, 4.69) is 31.2 Å². The highest BCUT2D eigenvalue weighted by Gasteiger charge is 2.08. The Balaban J connectivity index is 2.16. The van der Waals surface area contributed by atoms with Gasteiger partial charge in [0.25, 0.3) is 5.91 Å². The van der Waals surface area contributed by atoms with Crippen LogP contribution in [0.5, 0.6) is 0 Å². The topological polar surface area (TPSA) is 54.9 Å². The third-order valence-electron chi connectivity index (χ3n) is 2.19. The molecule has 0 saturated heterocycles. The third-order valence-corrected chi connectivity index (χ3v) is 3.40. The fourth-order valence-corrected chi connectivity index (χ4v) is 1.78. The quantitative estimate of drug-likeness (QED) is 0.919. The molecule has 1 aromatic carbocycles. The van der Waals surface area contributed by atoms with Crippen molar-refractivity contribution in [3.63, 3.8) is 0 Å². The largest absolute Gasteiger partial charge is 0.321 e. The van der Waals surface area contributed by atoms with E-state index in [-0.39, 0.29) is 11.6 Å². The molecule has 2 aromatic rings. The van der Waals surface area contributed by atoms with Crippen LogP contribution in [0.3, 0.4) is 0 Å². The van der Waals surface area contributed by atoms with Gasteiger partial charge >= 0.3 is 0 Å². The second kappa shape index (κ2) is 5.46. The standard InChI is InChI=1S/C12H9BrClN3O/c1-7-5-16-11(6-15-7)12(18)17-8-2-3-10(14)9(13)4-8/h2-6H,1H3,(H,17,18). The average Bonchev–Trinajstić information content (AvgIpc) is 2.34. The molecule has 0 aliphatic carbocycles. The zero-order valence-electron chi connectivity index (χ0n) is 9.45. The molecule has 1 aromatic heterocycles. The van der Waals surface area contributed by atoms with Crippen molar-refractivity contribution in [1.82, 2.24) is 9.97 Å². The van der Waals surface area contributed by atoms with Crippen LogP contribution in [0.2, 0.25) is 5.02 Å². The maximum Gasteiger partial charge on any atom is 0.275 e. The van der Waals surface area contributed by atoms with Gasteiger partial charge in [0.2, 0.25) is 0 Å². The summed E-state index contributed by atoms with van der Waals surface area (Å²) in [5, 5.41) is 3.30. The van der Waals surface area contributed by atoms with E-state index in [9.17, 15) is 4.79 Å². The van der Waals surface area contributed by atoms with E-state index in [0.29, 0.717) is 10.7 Å². The van der Waals surface area contributed by atoms with Crippen molar-refractivity contribution in [2.75, 3.05) is 5.32 Å². The van der Waals surface area contributed by atoms with Gasteiger partial charge in [0.1, 0.15) is 5.69 Å². The number of hydrogen-bond acceptors (Lipinski definition) is 3. The van der Waals surface area contributed by atoms with Gasteiger partial charge in [0, 0.05) is 16.4 Å². The molecular weight excluding hydrogens is 318 g/mol. The maximum atomic E-state index is 11.9. The summed E-state index contributed by atoms with van der Waals surface area (Å²) in [5.41, 5.74) is 1.67. The predicted octanol–water partition coefficient (Wildman–Crippen LogP) is 3.45. The molecule has 0 aliphatic rings. The van der Waals surface area contributed by atoms with E-state index in [0.717, 1.165) is 10.2 Å². The Bertz CT molecular complexity index is 586. The molecule has 0 fully saturated rings. The minimum Gasteiger partial charge on any atom is -0.321 e. The van der Waals surface area contributed by atoms with Crippen LogP contribution in [-0.2, 0) is 0 Å². The summed E-state index contributed by atoms with van der Waals surface area (Å²) < 4.78 is 0.719. The molecule has 6 heteroatoms. The van der Waals surface area contributed by atoms with Crippen molar-refractivity contribution in [3.8, 4) is 0 Å². The van der Waals surface area contributed by atoms with Gasteiger partial charge in [-0.1, -0.05) is 11.6 Å². The molecule has 0 radical (unpaired) electrons. The Kier molecular flexibility index (Phi) is 3.93. The Morgan fingerprint density at radius 2 is 2.11 bits per heavy atom. The van der Waals surface area contributed by atoms with Crippen molar-refractivity contribution in [2.24, 2.45) is 0 Å². The lowest BCUT2D eigenvalue weighted by Crippen LogP contribution is -2.14. The van der Waals surface area contributed by atoms with Crippen LogP contribution in [0.15, 0.2) is 35.1 Å². The summed E-state index contributed by atoms with van der Waals surface area (Å²) in [6, 6.07) is 5.14. The smallest absolute Gasteiger partial charge is 0.275 e. The van der Waals surface area contributed by atoms with Crippen LogP contribution in [0.25, 0.3) is 0 Å². The lowest BCUT2D eigenvalue weighted by Gasteiger charge is -2.05. The number of carbonyl (C=O) groups is 1. The van der Waals surface area contributed by atoms with Crippen molar-refractivity contribution in [2.45, 2.75) is 6.92 Å². The monoisotopic (exact) mass is 325 g/mol. The summed E-state index contributed by atoms with van der Waals surface area (Å²) in [7, 11) is 0. The number of aryl methyl sites for hydroxylation is 1. The second-order valence-electron chi connectivity index (χ2n) is 3.63. The minimum absolute atomic E-state index is 0.270. The Labute approximate surface area is 118 Å². The number of aromatic nitrogens is 2. The fourth-order valence-electron chi connectivity index (χ4n) is 1.28. The van der Waals surface area contributed by atoms with Gasteiger partial charge in [-0.25, -0.2) is 4.98 Å². The first kappa shape index (κ1) is 13.0. The number of halogens is 2. The van der Waals surface area contributed by atoms with Crippen molar-refractivity contribution in [1.29, 1.82) is 0 Å².